The third kappa shape index (κ3) is 4.09. The van der Waals surface area contributed by atoms with Crippen molar-refractivity contribution in [2.45, 2.75) is 38.1 Å². The van der Waals surface area contributed by atoms with Crippen LogP contribution in [0.5, 0.6) is 0 Å². The van der Waals surface area contributed by atoms with Gasteiger partial charge >= 0.3 is 6.03 Å². The molecule has 2 aromatic rings. The van der Waals surface area contributed by atoms with Gasteiger partial charge in [0.1, 0.15) is 0 Å². The number of nitrogens with zero attached hydrogens (tertiary/aromatic N) is 4. The van der Waals surface area contributed by atoms with Crippen LogP contribution >= 0.6 is 0 Å². The minimum atomic E-state index is -0.466. The Bertz CT molecular complexity index is 1000. The van der Waals surface area contributed by atoms with Gasteiger partial charge in [-0.15, -0.1) is 4.91 Å². The number of hydrogen-bond donors (Lipinski definition) is 2. The largest absolute Gasteiger partial charge is 0.361 e. The molecule has 0 radical (unpaired) electrons. The Labute approximate surface area is 188 Å². The molecule has 2 heterocycles. The van der Waals surface area contributed by atoms with Crippen LogP contribution in [0.2, 0.25) is 0 Å². The molecule has 9 heteroatoms. The molecule has 2 aliphatic rings. The van der Waals surface area contributed by atoms with E-state index in [1.165, 1.54) is 20.9 Å². The standard InChI is InChI=1S/C23H32N6O3/c1-4-24-23(31)28(10-6-9-27(2)3)22(30)16-11-18-17-7-5-8-19-21(17)15(13-25-19)12-20(18)29(14-16)26-32/h5,7-8,13,16,18,20,25H,4,6,9-12,14H2,1-3H3,(H,24,31)/t16-,18-,20-/m1/s1. The number of rotatable bonds is 7. The Morgan fingerprint density at radius 2 is 2.09 bits per heavy atom. The highest BCUT2D eigenvalue weighted by atomic mass is 16.3. The highest BCUT2D eigenvalue weighted by Crippen LogP contribution is 2.45. The topological polar surface area (TPSA) is 101 Å². The second-order valence-corrected chi connectivity index (χ2v) is 9.08. The van der Waals surface area contributed by atoms with Crippen molar-refractivity contribution in [3.8, 4) is 0 Å². The second-order valence-electron chi connectivity index (χ2n) is 9.08. The molecule has 1 aromatic carbocycles. The summed E-state index contributed by atoms with van der Waals surface area (Å²) in [6, 6.07) is 5.70. The monoisotopic (exact) mass is 440 g/mol. The minimum Gasteiger partial charge on any atom is -0.361 e. The van der Waals surface area contributed by atoms with Crippen LogP contribution in [0.4, 0.5) is 4.79 Å². The van der Waals surface area contributed by atoms with E-state index in [4.69, 9.17) is 0 Å². The Morgan fingerprint density at radius 3 is 2.81 bits per heavy atom. The zero-order valence-electron chi connectivity index (χ0n) is 19.0. The fourth-order valence-electron chi connectivity index (χ4n) is 5.27. The predicted octanol–water partition coefficient (Wildman–Crippen LogP) is 2.69. The molecule has 0 unspecified atom stereocenters. The van der Waals surface area contributed by atoms with E-state index in [0.717, 1.165) is 24.0 Å². The first-order chi connectivity index (χ1) is 15.4. The summed E-state index contributed by atoms with van der Waals surface area (Å²) in [6.07, 6.45) is 4.02. The van der Waals surface area contributed by atoms with Gasteiger partial charge in [0.25, 0.3) is 0 Å². The highest BCUT2D eigenvalue weighted by molar-refractivity contribution is 5.96. The number of imide groups is 1. The van der Waals surface area contributed by atoms with Crippen LogP contribution in [-0.4, -0.2) is 78.0 Å². The van der Waals surface area contributed by atoms with Crippen molar-refractivity contribution in [2.24, 2.45) is 11.2 Å². The number of H-pyrrole nitrogens is 1. The molecule has 0 spiro atoms. The average molecular weight is 441 g/mol. The van der Waals surface area contributed by atoms with Crippen molar-refractivity contribution >= 4 is 22.8 Å². The average Bonchev–Trinajstić information content (AvgIpc) is 3.20. The lowest BCUT2D eigenvalue weighted by Gasteiger charge is -2.44. The summed E-state index contributed by atoms with van der Waals surface area (Å²) >= 11 is 0. The first-order valence-corrected chi connectivity index (χ1v) is 11.4. The van der Waals surface area contributed by atoms with Gasteiger partial charge in [-0.3, -0.25) is 14.7 Å². The number of piperidine rings is 1. The van der Waals surface area contributed by atoms with E-state index < -0.39 is 5.92 Å². The molecule has 4 rings (SSSR count). The van der Waals surface area contributed by atoms with Gasteiger partial charge in [-0.25, -0.2) is 4.79 Å². The maximum atomic E-state index is 13.5. The zero-order chi connectivity index (χ0) is 22.8. The summed E-state index contributed by atoms with van der Waals surface area (Å²) < 4.78 is 0. The molecule has 3 amide bonds. The number of amides is 3. The third-order valence-electron chi connectivity index (χ3n) is 6.72. The molecule has 32 heavy (non-hydrogen) atoms. The highest BCUT2D eigenvalue weighted by Gasteiger charge is 2.44. The van der Waals surface area contributed by atoms with E-state index in [1.807, 2.05) is 44.2 Å². The summed E-state index contributed by atoms with van der Waals surface area (Å²) in [4.78, 5) is 44.7. The van der Waals surface area contributed by atoms with Gasteiger partial charge < -0.3 is 15.2 Å². The number of nitrogens with one attached hydrogen (secondary N) is 2. The van der Waals surface area contributed by atoms with Crippen LogP contribution in [0.1, 0.15) is 36.8 Å². The van der Waals surface area contributed by atoms with Crippen LogP contribution in [0, 0.1) is 10.8 Å². The number of urea groups is 1. The van der Waals surface area contributed by atoms with Crippen molar-refractivity contribution in [1.82, 2.24) is 25.1 Å². The van der Waals surface area contributed by atoms with Gasteiger partial charge in [0, 0.05) is 36.1 Å². The fourth-order valence-corrected chi connectivity index (χ4v) is 5.27. The van der Waals surface area contributed by atoms with Crippen molar-refractivity contribution in [3.05, 3.63) is 40.4 Å². The van der Waals surface area contributed by atoms with E-state index in [0.29, 0.717) is 25.9 Å². The van der Waals surface area contributed by atoms with Crippen molar-refractivity contribution in [1.29, 1.82) is 0 Å². The van der Waals surface area contributed by atoms with Crippen LogP contribution in [0.3, 0.4) is 0 Å². The molecule has 1 aromatic heterocycles. The zero-order valence-corrected chi connectivity index (χ0v) is 19.0. The van der Waals surface area contributed by atoms with Gasteiger partial charge in [-0.2, -0.15) is 0 Å². The summed E-state index contributed by atoms with van der Waals surface area (Å²) in [7, 11) is 3.93. The molecular formula is C23H32N6O3. The summed E-state index contributed by atoms with van der Waals surface area (Å²) in [5, 5.41) is 8.79. The van der Waals surface area contributed by atoms with E-state index in [-0.39, 0.29) is 30.4 Å². The maximum absolute atomic E-state index is 13.5. The number of aromatic amines is 1. The summed E-state index contributed by atoms with van der Waals surface area (Å²) in [6.45, 7) is 3.65. The van der Waals surface area contributed by atoms with Crippen LogP contribution < -0.4 is 5.32 Å². The number of aromatic nitrogens is 1. The molecule has 1 fully saturated rings. The molecule has 172 valence electrons. The summed E-state index contributed by atoms with van der Waals surface area (Å²) in [5.74, 6) is -0.680. The molecule has 1 aliphatic carbocycles. The minimum absolute atomic E-state index is 0.0141. The summed E-state index contributed by atoms with van der Waals surface area (Å²) in [5.41, 5.74) is 3.41. The lowest BCUT2D eigenvalue weighted by Crippen LogP contribution is -2.54. The van der Waals surface area contributed by atoms with Gasteiger partial charge in [-0.1, -0.05) is 12.1 Å². The lowest BCUT2D eigenvalue weighted by molar-refractivity contribution is -0.135. The van der Waals surface area contributed by atoms with Crippen LogP contribution in [0.15, 0.2) is 29.7 Å². The molecule has 3 atom stereocenters. The SMILES string of the molecule is CCNC(=O)N(CCCN(C)C)C(=O)[C@@H]1C[C@@H]2c3cccc4[nH]cc(c34)C[C@H]2N(N=O)C1. The van der Waals surface area contributed by atoms with Gasteiger partial charge in [0.15, 0.2) is 0 Å². The maximum Gasteiger partial charge on any atom is 0.324 e. The Balaban J connectivity index is 1.60. The molecule has 1 saturated heterocycles. The number of carbonyl (C=O) groups is 2. The number of carbonyl (C=O) groups excluding carboxylic acids is 2. The molecule has 1 aliphatic heterocycles. The number of nitroso groups, excluding NO2 is 1. The smallest absolute Gasteiger partial charge is 0.324 e. The fraction of sp³-hybridized carbons (Fsp3) is 0.565. The van der Waals surface area contributed by atoms with Crippen molar-refractivity contribution < 1.29 is 9.59 Å². The molecule has 2 N–H and O–H groups in total. The Kier molecular flexibility index (Phi) is 6.45. The molecule has 0 saturated carbocycles. The molecule has 0 bridgehead atoms. The molecule has 9 nitrogen and oxygen atoms in total. The van der Waals surface area contributed by atoms with Gasteiger partial charge in [0.2, 0.25) is 5.91 Å². The third-order valence-corrected chi connectivity index (χ3v) is 6.72. The second kappa shape index (κ2) is 9.28. The van der Waals surface area contributed by atoms with Crippen molar-refractivity contribution in [3.63, 3.8) is 0 Å². The van der Waals surface area contributed by atoms with E-state index in [9.17, 15) is 14.5 Å². The number of hydrogen-bond acceptors (Lipinski definition) is 5. The van der Waals surface area contributed by atoms with Crippen LogP contribution in [-0.2, 0) is 11.2 Å². The van der Waals surface area contributed by atoms with Gasteiger partial charge in [0.05, 0.1) is 23.8 Å². The Morgan fingerprint density at radius 1 is 1.28 bits per heavy atom. The van der Waals surface area contributed by atoms with E-state index in [2.05, 4.69) is 21.7 Å². The van der Waals surface area contributed by atoms with E-state index >= 15 is 0 Å². The number of benzene rings is 1. The first-order valence-electron chi connectivity index (χ1n) is 11.4. The first kappa shape index (κ1) is 22.3. The van der Waals surface area contributed by atoms with Crippen LogP contribution in [0.25, 0.3) is 10.9 Å². The normalized spacial score (nSPS) is 22.0. The van der Waals surface area contributed by atoms with Gasteiger partial charge in [-0.05, 0) is 64.0 Å². The predicted molar refractivity (Wildman–Crippen MR) is 123 cm³/mol. The molecular weight excluding hydrogens is 408 g/mol. The number of fused-ring (bicyclic) bond motifs is 2. The van der Waals surface area contributed by atoms with E-state index in [1.54, 1.807) is 0 Å². The van der Waals surface area contributed by atoms with Crippen molar-refractivity contribution in [2.75, 3.05) is 40.3 Å². The quantitative estimate of drug-likeness (QED) is 0.645. The Hall–Kier alpha value is -2.94. The lowest BCUT2D eigenvalue weighted by atomic mass is 9.72.